The van der Waals surface area contributed by atoms with Crippen molar-refractivity contribution in [2.45, 2.75) is 46.5 Å². The first-order valence-electron chi connectivity index (χ1n) is 6.85. The van der Waals surface area contributed by atoms with Gasteiger partial charge in [-0.1, -0.05) is 13.8 Å². The highest BCUT2D eigenvalue weighted by Crippen LogP contribution is 2.72. The van der Waals surface area contributed by atoms with E-state index in [2.05, 4.69) is 6.92 Å². The molecule has 3 nitrogen and oxygen atoms in total. The Hall–Kier alpha value is -1.12. The number of carbonyl (C=O) groups excluding carboxylic acids is 1. The molecule has 1 spiro atoms. The van der Waals surface area contributed by atoms with Crippen molar-refractivity contribution in [1.82, 2.24) is 0 Å². The summed E-state index contributed by atoms with van der Waals surface area (Å²) in [6.07, 6.45) is 4.05. The van der Waals surface area contributed by atoms with Crippen molar-refractivity contribution in [3.05, 3.63) is 11.1 Å². The van der Waals surface area contributed by atoms with Gasteiger partial charge in [0.15, 0.2) is 5.78 Å². The van der Waals surface area contributed by atoms with E-state index < -0.39 is 11.4 Å². The molecule has 0 saturated heterocycles. The van der Waals surface area contributed by atoms with E-state index in [1.807, 2.05) is 13.8 Å². The molecule has 0 heterocycles. The minimum Gasteiger partial charge on any atom is -0.478 e. The minimum absolute atomic E-state index is 0.0938. The van der Waals surface area contributed by atoms with Crippen LogP contribution in [-0.4, -0.2) is 16.9 Å². The molecular formula is C15H20O3. The minimum atomic E-state index is -1.03. The van der Waals surface area contributed by atoms with Gasteiger partial charge in [-0.25, -0.2) is 4.79 Å². The van der Waals surface area contributed by atoms with Crippen molar-refractivity contribution in [2.24, 2.45) is 22.7 Å². The molecule has 2 fully saturated rings. The van der Waals surface area contributed by atoms with Crippen molar-refractivity contribution < 1.29 is 14.7 Å². The second-order valence-electron chi connectivity index (χ2n) is 6.60. The van der Waals surface area contributed by atoms with Crippen molar-refractivity contribution in [3.63, 3.8) is 0 Å². The Kier molecular flexibility index (Phi) is 2.16. The number of carboxylic acid groups (broad SMARTS) is 1. The number of carboxylic acids is 1. The second kappa shape index (κ2) is 3.25. The number of aliphatic carboxylic acids is 1. The van der Waals surface area contributed by atoms with Gasteiger partial charge in [-0.05, 0) is 50.0 Å². The number of carbonyl (C=O) groups is 2. The average Bonchev–Trinajstić information content (AvgIpc) is 2.82. The normalized spacial score (nSPS) is 46.5. The van der Waals surface area contributed by atoms with E-state index in [0.717, 1.165) is 31.3 Å². The summed E-state index contributed by atoms with van der Waals surface area (Å²) in [4.78, 5) is 23.9. The van der Waals surface area contributed by atoms with Crippen LogP contribution in [0.25, 0.3) is 0 Å². The maximum absolute atomic E-state index is 12.6. The Morgan fingerprint density at radius 3 is 2.61 bits per heavy atom. The standard InChI is InChI=1S/C15H20O3/c1-8-4-7-15-9(2)11(13(17)18)12(16)14(15,3)6-5-10(8)15/h8,10H,4-7H2,1-3H3,(H,17,18). The monoisotopic (exact) mass is 248 g/mol. The van der Waals surface area contributed by atoms with Crippen molar-refractivity contribution in [2.75, 3.05) is 0 Å². The van der Waals surface area contributed by atoms with E-state index in [-0.39, 0.29) is 16.8 Å². The summed E-state index contributed by atoms with van der Waals surface area (Å²) in [5, 5.41) is 9.33. The fraction of sp³-hybridized carbons (Fsp3) is 0.733. The molecule has 3 aliphatic rings. The zero-order chi connectivity index (χ0) is 13.3. The van der Waals surface area contributed by atoms with Crippen LogP contribution in [0.1, 0.15) is 46.5 Å². The lowest BCUT2D eigenvalue weighted by Crippen LogP contribution is -2.38. The van der Waals surface area contributed by atoms with Crippen LogP contribution in [0.15, 0.2) is 11.1 Å². The van der Waals surface area contributed by atoms with Gasteiger partial charge in [0.25, 0.3) is 0 Å². The van der Waals surface area contributed by atoms with E-state index in [0.29, 0.717) is 11.8 Å². The highest BCUT2D eigenvalue weighted by atomic mass is 16.4. The summed E-state index contributed by atoms with van der Waals surface area (Å²) in [7, 11) is 0. The lowest BCUT2D eigenvalue weighted by molar-refractivity contribution is -0.136. The summed E-state index contributed by atoms with van der Waals surface area (Å²) in [6.45, 7) is 6.15. The molecule has 4 unspecified atom stereocenters. The molecule has 18 heavy (non-hydrogen) atoms. The fourth-order valence-electron chi connectivity index (χ4n) is 5.33. The van der Waals surface area contributed by atoms with Crippen molar-refractivity contribution in [3.8, 4) is 0 Å². The SMILES string of the molecule is CC1=C(C(=O)O)C(=O)C2(C)CCC3C(C)CCC132. The fourth-order valence-corrected chi connectivity index (χ4v) is 5.33. The van der Waals surface area contributed by atoms with E-state index in [4.69, 9.17) is 0 Å². The Morgan fingerprint density at radius 1 is 1.33 bits per heavy atom. The van der Waals surface area contributed by atoms with Gasteiger partial charge >= 0.3 is 5.97 Å². The molecule has 0 aromatic heterocycles. The van der Waals surface area contributed by atoms with Crippen LogP contribution in [0.4, 0.5) is 0 Å². The molecule has 0 bridgehead atoms. The molecule has 0 aliphatic heterocycles. The van der Waals surface area contributed by atoms with Gasteiger partial charge in [0.1, 0.15) is 5.57 Å². The molecule has 2 saturated carbocycles. The van der Waals surface area contributed by atoms with E-state index >= 15 is 0 Å². The van der Waals surface area contributed by atoms with Crippen molar-refractivity contribution in [1.29, 1.82) is 0 Å². The number of hydrogen-bond acceptors (Lipinski definition) is 2. The maximum atomic E-state index is 12.6. The summed E-state index contributed by atoms with van der Waals surface area (Å²) in [5.74, 6) is -0.0177. The van der Waals surface area contributed by atoms with Gasteiger partial charge < -0.3 is 5.11 Å². The highest BCUT2D eigenvalue weighted by Gasteiger charge is 2.69. The third kappa shape index (κ3) is 0.987. The molecule has 4 atom stereocenters. The molecule has 0 aromatic carbocycles. The number of ketones is 1. The summed E-state index contributed by atoms with van der Waals surface area (Å²) >= 11 is 0. The average molecular weight is 248 g/mol. The Morgan fingerprint density at radius 2 is 2.00 bits per heavy atom. The number of hydrogen-bond donors (Lipinski definition) is 1. The topological polar surface area (TPSA) is 54.4 Å². The van der Waals surface area contributed by atoms with Gasteiger partial charge in [0.2, 0.25) is 0 Å². The van der Waals surface area contributed by atoms with E-state index in [1.54, 1.807) is 0 Å². The Bertz CT molecular complexity index is 490. The van der Waals surface area contributed by atoms with Gasteiger partial charge in [-0.15, -0.1) is 0 Å². The zero-order valence-electron chi connectivity index (χ0n) is 11.2. The molecule has 0 aromatic rings. The first kappa shape index (κ1) is 11.9. The smallest absolute Gasteiger partial charge is 0.339 e. The highest BCUT2D eigenvalue weighted by molar-refractivity contribution is 6.22. The lowest BCUT2D eigenvalue weighted by Gasteiger charge is -2.39. The van der Waals surface area contributed by atoms with Gasteiger partial charge in [-0.3, -0.25) is 4.79 Å². The van der Waals surface area contributed by atoms with Gasteiger partial charge in [-0.2, -0.15) is 0 Å². The molecule has 3 heteroatoms. The van der Waals surface area contributed by atoms with E-state index in [9.17, 15) is 14.7 Å². The Balaban J connectivity index is 2.24. The lowest BCUT2D eigenvalue weighted by atomic mass is 9.63. The molecule has 3 rings (SSSR count). The van der Waals surface area contributed by atoms with Crippen LogP contribution in [0.3, 0.4) is 0 Å². The first-order chi connectivity index (χ1) is 8.36. The maximum Gasteiger partial charge on any atom is 0.339 e. The number of allylic oxidation sites excluding steroid dienone is 1. The number of rotatable bonds is 1. The third-order valence-electron chi connectivity index (χ3n) is 6.24. The van der Waals surface area contributed by atoms with Crippen LogP contribution in [0.2, 0.25) is 0 Å². The molecule has 98 valence electrons. The second-order valence-corrected chi connectivity index (χ2v) is 6.60. The third-order valence-corrected chi connectivity index (χ3v) is 6.24. The van der Waals surface area contributed by atoms with Gasteiger partial charge in [0.05, 0.1) is 0 Å². The van der Waals surface area contributed by atoms with Crippen LogP contribution < -0.4 is 0 Å². The summed E-state index contributed by atoms with van der Waals surface area (Å²) in [6, 6.07) is 0. The van der Waals surface area contributed by atoms with E-state index in [1.165, 1.54) is 0 Å². The molecule has 3 aliphatic carbocycles. The summed E-state index contributed by atoms with van der Waals surface area (Å²) < 4.78 is 0. The van der Waals surface area contributed by atoms with Crippen LogP contribution in [0.5, 0.6) is 0 Å². The first-order valence-corrected chi connectivity index (χ1v) is 6.85. The molecule has 0 radical (unpaired) electrons. The Labute approximate surface area is 107 Å². The molecular weight excluding hydrogens is 228 g/mol. The predicted molar refractivity (Wildman–Crippen MR) is 67.0 cm³/mol. The van der Waals surface area contributed by atoms with Gasteiger partial charge in [0, 0.05) is 10.8 Å². The largest absolute Gasteiger partial charge is 0.478 e. The molecule has 1 N–H and O–H groups in total. The van der Waals surface area contributed by atoms with Crippen LogP contribution >= 0.6 is 0 Å². The number of Topliss-reactive ketones (excluding diaryl/α,β-unsaturated/α-hetero) is 1. The quantitative estimate of drug-likeness (QED) is 0.726. The molecule has 0 amide bonds. The van der Waals surface area contributed by atoms with Crippen LogP contribution in [-0.2, 0) is 9.59 Å². The van der Waals surface area contributed by atoms with Crippen LogP contribution in [0, 0.1) is 22.7 Å². The predicted octanol–water partition coefficient (Wildman–Crippen LogP) is 2.80. The summed E-state index contributed by atoms with van der Waals surface area (Å²) in [5.41, 5.74) is 0.378. The van der Waals surface area contributed by atoms with Crippen molar-refractivity contribution >= 4 is 11.8 Å². The zero-order valence-corrected chi connectivity index (χ0v) is 11.2.